The summed E-state index contributed by atoms with van der Waals surface area (Å²) in [6.45, 7) is 5.91. The number of nitrogens with zero attached hydrogens (tertiary/aromatic N) is 1. The molecule has 1 aliphatic heterocycles. The number of likely N-dealkylation sites (tertiary alicyclic amines) is 1. The monoisotopic (exact) mass is 279 g/mol. The third kappa shape index (κ3) is 3.16. The van der Waals surface area contributed by atoms with E-state index in [9.17, 15) is 9.18 Å². The van der Waals surface area contributed by atoms with Gasteiger partial charge in [-0.1, -0.05) is 13.8 Å². The molecule has 0 saturated carbocycles. The van der Waals surface area contributed by atoms with Crippen molar-refractivity contribution in [2.24, 2.45) is 11.8 Å². The van der Waals surface area contributed by atoms with E-state index in [-0.39, 0.29) is 5.82 Å². The average Bonchev–Trinajstić information content (AvgIpc) is 2.88. The molecule has 5 heteroatoms. The molecular formula is C15H22FN3O. The number of amides is 1. The van der Waals surface area contributed by atoms with Gasteiger partial charge in [0.05, 0.1) is 0 Å². The van der Waals surface area contributed by atoms with Gasteiger partial charge in [-0.15, -0.1) is 0 Å². The van der Waals surface area contributed by atoms with Crippen LogP contribution in [0, 0.1) is 11.7 Å². The predicted octanol–water partition coefficient (Wildman–Crippen LogP) is 2.05. The van der Waals surface area contributed by atoms with Gasteiger partial charge >= 0.3 is 0 Å². The van der Waals surface area contributed by atoms with E-state index in [0.717, 1.165) is 19.4 Å². The molecule has 110 valence electrons. The Morgan fingerprint density at radius 3 is 2.95 bits per heavy atom. The van der Waals surface area contributed by atoms with E-state index in [2.05, 4.69) is 24.2 Å². The molecule has 0 bridgehead atoms. The minimum absolute atomic E-state index is 0.270. The van der Waals surface area contributed by atoms with Gasteiger partial charge in [-0.25, -0.2) is 10.2 Å². The minimum Gasteiger partial charge on any atom is -0.296 e. The minimum atomic E-state index is -0.395. The first-order valence-corrected chi connectivity index (χ1v) is 7.06. The maximum atomic E-state index is 13.9. The average molecular weight is 279 g/mol. The molecule has 0 spiro atoms. The summed E-state index contributed by atoms with van der Waals surface area (Å²) in [5, 5.41) is 0. The topological polar surface area (TPSA) is 58.4 Å². The van der Waals surface area contributed by atoms with Crippen LogP contribution in [0.5, 0.6) is 0 Å². The molecule has 1 heterocycles. The Balaban J connectivity index is 2.18. The fourth-order valence-corrected chi connectivity index (χ4v) is 2.94. The van der Waals surface area contributed by atoms with Gasteiger partial charge in [-0.3, -0.25) is 15.1 Å². The molecule has 0 radical (unpaired) electrons. The van der Waals surface area contributed by atoms with E-state index in [0.29, 0.717) is 29.6 Å². The standard InChI is InChI=1S/C15H22FN3O/c1-10(2)14-4-3-7-19(14)9-12-8-11(15(20)18-17)5-6-13(12)16/h5-6,8,10,14H,3-4,7,9,17H2,1-2H3,(H,18,20). The van der Waals surface area contributed by atoms with Gasteiger partial charge in [0, 0.05) is 23.7 Å². The molecule has 1 fully saturated rings. The molecule has 1 amide bonds. The van der Waals surface area contributed by atoms with Crippen LogP contribution >= 0.6 is 0 Å². The summed E-state index contributed by atoms with van der Waals surface area (Å²) < 4.78 is 13.9. The van der Waals surface area contributed by atoms with Gasteiger partial charge in [0.15, 0.2) is 0 Å². The highest BCUT2D eigenvalue weighted by molar-refractivity contribution is 5.93. The Bertz CT molecular complexity index is 490. The summed E-state index contributed by atoms with van der Waals surface area (Å²) in [6, 6.07) is 4.86. The van der Waals surface area contributed by atoms with Crippen molar-refractivity contribution in [3.63, 3.8) is 0 Å². The fourth-order valence-electron chi connectivity index (χ4n) is 2.94. The molecule has 0 aromatic heterocycles. The van der Waals surface area contributed by atoms with Gasteiger partial charge in [0.25, 0.3) is 5.91 Å². The number of carbonyl (C=O) groups excluding carboxylic acids is 1. The molecule has 1 aromatic rings. The number of hydrogen-bond acceptors (Lipinski definition) is 3. The van der Waals surface area contributed by atoms with Crippen molar-refractivity contribution in [1.82, 2.24) is 10.3 Å². The van der Waals surface area contributed by atoms with Crippen LogP contribution in [0.3, 0.4) is 0 Å². The predicted molar refractivity (Wildman–Crippen MR) is 76.3 cm³/mol. The SMILES string of the molecule is CC(C)C1CCCN1Cc1cc(C(=O)NN)ccc1F. The second-order valence-corrected chi connectivity index (χ2v) is 5.70. The Labute approximate surface area is 119 Å². The van der Waals surface area contributed by atoms with Crippen molar-refractivity contribution < 1.29 is 9.18 Å². The maximum absolute atomic E-state index is 13.9. The van der Waals surface area contributed by atoms with Crippen LogP contribution in [0.4, 0.5) is 4.39 Å². The number of nitrogen functional groups attached to an aromatic ring is 1. The van der Waals surface area contributed by atoms with Crippen LogP contribution in [0.15, 0.2) is 18.2 Å². The normalized spacial score (nSPS) is 19.6. The Kier molecular flexibility index (Phi) is 4.73. The third-order valence-electron chi connectivity index (χ3n) is 4.00. The van der Waals surface area contributed by atoms with Crippen LogP contribution in [-0.2, 0) is 6.54 Å². The molecule has 20 heavy (non-hydrogen) atoms. The molecule has 1 atom stereocenters. The Morgan fingerprint density at radius 2 is 2.30 bits per heavy atom. The van der Waals surface area contributed by atoms with Crippen molar-refractivity contribution in [2.75, 3.05) is 6.54 Å². The Morgan fingerprint density at radius 1 is 1.55 bits per heavy atom. The lowest BCUT2D eigenvalue weighted by Gasteiger charge is -2.27. The number of benzene rings is 1. The highest BCUT2D eigenvalue weighted by atomic mass is 19.1. The van der Waals surface area contributed by atoms with Gasteiger partial charge in [0.2, 0.25) is 0 Å². The highest BCUT2D eigenvalue weighted by Crippen LogP contribution is 2.26. The van der Waals surface area contributed by atoms with Crippen molar-refractivity contribution in [2.45, 2.75) is 39.3 Å². The number of rotatable bonds is 4. The summed E-state index contributed by atoms with van der Waals surface area (Å²) >= 11 is 0. The Hall–Kier alpha value is -1.46. The first kappa shape index (κ1) is 14.9. The lowest BCUT2D eigenvalue weighted by molar-refractivity contribution is 0.0953. The molecule has 1 aromatic carbocycles. The van der Waals surface area contributed by atoms with E-state index in [1.807, 2.05) is 0 Å². The largest absolute Gasteiger partial charge is 0.296 e. The molecular weight excluding hydrogens is 257 g/mol. The summed E-state index contributed by atoms with van der Waals surface area (Å²) in [5.41, 5.74) is 3.02. The smallest absolute Gasteiger partial charge is 0.265 e. The molecule has 2 rings (SSSR count). The summed E-state index contributed by atoms with van der Waals surface area (Å²) in [4.78, 5) is 13.8. The third-order valence-corrected chi connectivity index (χ3v) is 4.00. The molecule has 1 aliphatic rings. The second kappa shape index (κ2) is 6.33. The fraction of sp³-hybridized carbons (Fsp3) is 0.533. The van der Waals surface area contributed by atoms with Crippen LogP contribution in [-0.4, -0.2) is 23.4 Å². The van der Waals surface area contributed by atoms with Crippen molar-refractivity contribution in [3.05, 3.63) is 35.1 Å². The zero-order valence-corrected chi connectivity index (χ0v) is 12.0. The molecule has 0 aliphatic carbocycles. The lowest BCUT2D eigenvalue weighted by Crippen LogP contribution is -2.33. The first-order valence-electron chi connectivity index (χ1n) is 7.06. The molecule has 1 unspecified atom stereocenters. The van der Waals surface area contributed by atoms with E-state index < -0.39 is 5.91 Å². The molecule has 4 nitrogen and oxygen atoms in total. The second-order valence-electron chi connectivity index (χ2n) is 5.70. The van der Waals surface area contributed by atoms with E-state index >= 15 is 0 Å². The quantitative estimate of drug-likeness (QED) is 0.504. The van der Waals surface area contributed by atoms with Crippen molar-refractivity contribution >= 4 is 5.91 Å². The number of halogens is 1. The van der Waals surface area contributed by atoms with Crippen LogP contribution < -0.4 is 11.3 Å². The molecule has 3 N–H and O–H groups in total. The maximum Gasteiger partial charge on any atom is 0.265 e. The van der Waals surface area contributed by atoms with Crippen LogP contribution in [0.25, 0.3) is 0 Å². The van der Waals surface area contributed by atoms with Crippen LogP contribution in [0.1, 0.15) is 42.6 Å². The molecule has 1 saturated heterocycles. The highest BCUT2D eigenvalue weighted by Gasteiger charge is 2.27. The van der Waals surface area contributed by atoms with Gasteiger partial charge < -0.3 is 0 Å². The first-order chi connectivity index (χ1) is 9.52. The van der Waals surface area contributed by atoms with Crippen LogP contribution in [0.2, 0.25) is 0 Å². The van der Waals surface area contributed by atoms with E-state index in [1.165, 1.54) is 12.1 Å². The number of hydrazine groups is 1. The van der Waals surface area contributed by atoms with Crippen molar-refractivity contribution in [1.29, 1.82) is 0 Å². The van der Waals surface area contributed by atoms with Gasteiger partial charge in [-0.05, 0) is 43.5 Å². The van der Waals surface area contributed by atoms with Crippen molar-refractivity contribution in [3.8, 4) is 0 Å². The number of nitrogens with two attached hydrogens (primary N) is 1. The summed E-state index contributed by atoms with van der Waals surface area (Å²) in [5.74, 6) is 5.00. The van der Waals surface area contributed by atoms with E-state index in [1.54, 1.807) is 6.07 Å². The van der Waals surface area contributed by atoms with E-state index in [4.69, 9.17) is 5.84 Å². The zero-order chi connectivity index (χ0) is 14.7. The number of nitrogens with one attached hydrogen (secondary N) is 1. The summed E-state index contributed by atoms with van der Waals surface area (Å²) in [7, 11) is 0. The van der Waals surface area contributed by atoms with Gasteiger partial charge in [0.1, 0.15) is 5.82 Å². The zero-order valence-electron chi connectivity index (χ0n) is 12.0. The summed E-state index contributed by atoms with van der Waals surface area (Å²) in [6.07, 6.45) is 2.30. The lowest BCUT2D eigenvalue weighted by atomic mass is 10.0. The van der Waals surface area contributed by atoms with Gasteiger partial charge in [-0.2, -0.15) is 0 Å². The number of carbonyl (C=O) groups is 1. The number of hydrogen-bond donors (Lipinski definition) is 2.